The number of hydrogen-bond acceptors (Lipinski definition) is 8. The van der Waals surface area contributed by atoms with Gasteiger partial charge >= 0.3 is 0 Å². The number of benzene rings is 1. The Balaban J connectivity index is 1.75. The number of rotatable bonds is 6. The van der Waals surface area contributed by atoms with Crippen molar-refractivity contribution in [2.45, 2.75) is 17.1 Å². The van der Waals surface area contributed by atoms with E-state index in [4.69, 9.17) is 14.4 Å². The number of hydrogen-bond donors (Lipinski definition) is 0. The summed E-state index contributed by atoms with van der Waals surface area (Å²) < 4.78 is 12.9. The third-order valence-electron chi connectivity index (χ3n) is 3.72. The smallest absolute Gasteiger partial charge is 0.205 e. The number of nitriles is 1. The summed E-state index contributed by atoms with van der Waals surface area (Å²) in [5, 5.41) is 18.7. The molecular formula is C19H14N6O2S. The van der Waals surface area contributed by atoms with Gasteiger partial charge in [-0.3, -0.25) is 4.57 Å². The summed E-state index contributed by atoms with van der Waals surface area (Å²) in [5.74, 6) is 1.95. The first-order chi connectivity index (χ1) is 13.8. The third-order valence-corrected chi connectivity index (χ3v) is 4.59. The first-order valence-electron chi connectivity index (χ1n) is 8.41. The van der Waals surface area contributed by atoms with E-state index in [0.29, 0.717) is 28.4 Å². The number of furan rings is 1. The highest BCUT2D eigenvalue weighted by atomic mass is 32.2. The Labute approximate surface area is 164 Å². The maximum Gasteiger partial charge on any atom is 0.205 e. The van der Waals surface area contributed by atoms with Crippen LogP contribution in [-0.2, 0) is 0 Å². The van der Waals surface area contributed by atoms with Crippen LogP contribution in [0.5, 0.6) is 5.75 Å². The van der Waals surface area contributed by atoms with Gasteiger partial charge in [0.05, 0.1) is 31.0 Å². The van der Waals surface area contributed by atoms with Gasteiger partial charge in [0.15, 0.2) is 11.5 Å². The molecule has 4 rings (SSSR count). The second-order valence-corrected chi connectivity index (χ2v) is 6.49. The zero-order valence-electron chi connectivity index (χ0n) is 14.8. The van der Waals surface area contributed by atoms with Crippen LogP contribution in [0.2, 0.25) is 0 Å². The van der Waals surface area contributed by atoms with Crippen molar-refractivity contribution < 1.29 is 9.15 Å². The van der Waals surface area contributed by atoms with E-state index in [1.807, 2.05) is 47.9 Å². The fourth-order valence-electron chi connectivity index (χ4n) is 2.51. The maximum atomic E-state index is 8.87. The Bertz CT molecular complexity index is 1100. The van der Waals surface area contributed by atoms with Crippen molar-refractivity contribution in [1.29, 1.82) is 5.26 Å². The number of aromatic nitrogens is 5. The summed E-state index contributed by atoms with van der Waals surface area (Å²) >= 11 is 1.29. The Morgan fingerprint density at radius 2 is 2.00 bits per heavy atom. The molecule has 0 fully saturated rings. The highest BCUT2D eigenvalue weighted by molar-refractivity contribution is 7.99. The predicted octanol–water partition coefficient (Wildman–Crippen LogP) is 3.74. The van der Waals surface area contributed by atoms with E-state index >= 15 is 0 Å². The van der Waals surface area contributed by atoms with E-state index in [0.717, 1.165) is 11.4 Å². The molecule has 0 unspecified atom stereocenters. The molecule has 3 heterocycles. The topological polar surface area (TPSA) is 103 Å². The van der Waals surface area contributed by atoms with Crippen LogP contribution in [0.15, 0.2) is 69.7 Å². The van der Waals surface area contributed by atoms with Gasteiger partial charge in [0.2, 0.25) is 11.0 Å². The molecule has 0 amide bonds. The quantitative estimate of drug-likeness (QED) is 0.490. The molecule has 0 saturated heterocycles. The lowest BCUT2D eigenvalue weighted by Gasteiger charge is -2.10. The second kappa shape index (κ2) is 7.94. The molecule has 1 aromatic carbocycles. The van der Waals surface area contributed by atoms with Crippen molar-refractivity contribution >= 4 is 11.8 Å². The van der Waals surface area contributed by atoms with Crippen LogP contribution >= 0.6 is 11.8 Å². The molecule has 0 aliphatic rings. The van der Waals surface area contributed by atoms with Gasteiger partial charge in [0.25, 0.3) is 0 Å². The highest BCUT2D eigenvalue weighted by Crippen LogP contribution is 2.31. The monoisotopic (exact) mass is 390 g/mol. The van der Waals surface area contributed by atoms with Crippen molar-refractivity contribution in [2.24, 2.45) is 0 Å². The first kappa shape index (κ1) is 17.8. The first-order valence-corrected chi connectivity index (χ1v) is 9.22. The molecule has 0 aliphatic heterocycles. The summed E-state index contributed by atoms with van der Waals surface area (Å²) in [5.41, 5.74) is 1.11. The zero-order chi connectivity index (χ0) is 19.3. The molecule has 138 valence electrons. The van der Waals surface area contributed by atoms with E-state index in [-0.39, 0.29) is 5.69 Å². The summed E-state index contributed by atoms with van der Waals surface area (Å²) in [6.45, 7) is 2.54. The minimum Gasteiger partial charge on any atom is -0.494 e. The van der Waals surface area contributed by atoms with Crippen LogP contribution in [-0.4, -0.2) is 31.3 Å². The van der Waals surface area contributed by atoms with Crippen molar-refractivity contribution in [3.05, 3.63) is 60.7 Å². The van der Waals surface area contributed by atoms with Gasteiger partial charge < -0.3 is 9.15 Å². The van der Waals surface area contributed by atoms with Crippen molar-refractivity contribution in [1.82, 2.24) is 24.7 Å². The van der Waals surface area contributed by atoms with Crippen molar-refractivity contribution in [2.75, 3.05) is 6.61 Å². The van der Waals surface area contributed by atoms with E-state index in [2.05, 4.69) is 20.2 Å². The molecule has 0 bridgehead atoms. The summed E-state index contributed by atoms with van der Waals surface area (Å²) in [6.07, 6.45) is 4.55. The van der Waals surface area contributed by atoms with Crippen LogP contribution < -0.4 is 4.74 Å². The van der Waals surface area contributed by atoms with Crippen LogP contribution in [0.1, 0.15) is 12.6 Å². The molecule has 0 spiro atoms. The number of ether oxygens (including phenoxy) is 1. The molecule has 9 heteroatoms. The minimum atomic E-state index is 0.258. The van der Waals surface area contributed by atoms with Gasteiger partial charge in [-0.05, 0) is 55.1 Å². The SMILES string of the molecule is CCOc1ccc(-n2c(Sc3cnc(C#N)cn3)nnc2-c2ccco2)cc1. The maximum absolute atomic E-state index is 8.87. The van der Waals surface area contributed by atoms with Gasteiger partial charge in [-0.15, -0.1) is 10.2 Å². The van der Waals surface area contributed by atoms with Crippen LogP contribution in [0.4, 0.5) is 0 Å². The van der Waals surface area contributed by atoms with E-state index < -0.39 is 0 Å². The summed E-state index contributed by atoms with van der Waals surface area (Å²) in [4.78, 5) is 8.29. The molecular weight excluding hydrogens is 376 g/mol. The van der Waals surface area contributed by atoms with Crippen LogP contribution in [0.3, 0.4) is 0 Å². The largest absolute Gasteiger partial charge is 0.494 e. The highest BCUT2D eigenvalue weighted by Gasteiger charge is 2.19. The van der Waals surface area contributed by atoms with Crippen LogP contribution in [0.25, 0.3) is 17.3 Å². The Morgan fingerprint density at radius 1 is 1.14 bits per heavy atom. The molecule has 0 aliphatic carbocycles. The van der Waals surface area contributed by atoms with Gasteiger partial charge in [0, 0.05) is 0 Å². The molecule has 0 radical (unpaired) electrons. The third kappa shape index (κ3) is 3.58. The molecule has 28 heavy (non-hydrogen) atoms. The lowest BCUT2D eigenvalue weighted by Crippen LogP contribution is -2.00. The van der Waals surface area contributed by atoms with Gasteiger partial charge in [0.1, 0.15) is 16.8 Å². The fraction of sp³-hybridized carbons (Fsp3) is 0.105. The zero-order valence-corrected chi connectivity index (χ0v) is 15.6. The lowest BCUT2D eigenvalue weighted by molar-refractivity contribution is 0.340. The Hall–Kier alpha value is -3.64. The standard InChI is InChI=1S/C19H14N6O2S/c1-2-26-15-7-5-14(6-8-15)25-18(16-4-3-9-27-16)23-24-19(25)28-17-12-21-13(10-20)11-22-17/h3-9,11-12H,2H2,1H3. The second-order valence-electron chi connectivity index (χ2n) is 5.50. The molecule has 8 nitrogen and oxygen atoms in total. The van der Waals surface area contributed by atoms with Crippen molar-refractivity contribution in [3.8, 4) is 29.1 Å². The summed E-state index contributed by atoms with van der Waals surface area (Å²) in [7, 11) is 0. The molecule has 3 aromatic heterocycles. The predicted molar refractivity (Wildman–Crippen MR) is 101 cm³/mol. The summed E-state index contributed by atoms with van der Waals surface area (Å²) in [6, 6.07) is 13.2. The average Bonchev–Trinajstić information content (AvgIpc) is 3.39. The van der Waals surface area contributed by atoms with Gasteiger partial charge in [-0.1, -0.05) is 0 Å². The van der Waals surface area contributed by atoms with Crippen molar-refractivity contribution in [3.63, 3.8) is 0 Å². The normalized spacial score (nSPS) is 10.6. The van der Waals surface area contributed by atoms with E-state index in [1.54, 1.807) is 12.3 Å². The minimum absolute atomic E-state index is 0.258. The number of nitrogens with zero attached hydrogens (tertiary/aromatic N) is 6. The molecule has 0 saturated carbocycles. The van der Waals surface area contributed by atoms with Gasteiger partial charge in [-0.25, -0.2) is 9.97 Å². The van der Waals surface area contributed by atoms with E-state index in [1.165, 1.54) is 24.2 Å². The van der Waals surface area contributed by atoms with Crippen LogP contribution in [0, 0.1) is 11.3 Å². The van der Waals surface area contributed by atoms with Gasteiger partial charge in [-0.2, -0.15) is 5.26 Å². The Kier molecular flexibility index (Phi) is 5.03. The molecule has 0 N–H and O–H groups in total. The Morgan fingerprint density at radius 3 is 2.64 bits per heavy atom. The van der Waals surface area contributed by atoms with E-state index in [9.17, 15) is 0 Å². The average molecular weight is 390 g/mol. The fourth-order valence-corrected chi connectivity index (χ4v) is 3.28. The molecule has 0 atom stereocenters. The molecule has 4 aromatic rings. The lowest BCUT2D eigenvalue weighted by atomic mass is 10.3.